The average molecular weight is 240 g/mol. The van der Waals surface area contributed by atoms with Crippen molar-refractivity contribution in [1.29, 1.82) is 0 Å². The summed E-state index contributed by atoms with van der Waals surface area (Å²) < 4.78 is 5.65. The highest BCUT2D eigenvalue weighted by molar-refractivity contribution is 4.94. The monoisotopic (exact) mass is 240 g/mol. The lowest BCUT2D eigenvalue weighted by Crippen LogP contribution is -2.57. The molecule has 2 fully saturated rings. The summed E-state index contributed by atoms with van der Waals surface area (Å²) in [6, 6.07) is 1.37. The molecule has 3 heteroatoms. The highest BCUT2D eigenvalue weighted by Crippen LogP contribution is 2.34. The van der Waals surface area contributed by atoms with Crippen LogP contribution >= 0.6 is 0 Å². The van der Waals surface area contributed by atoms with Crippen molar-refractivity contribution in [2.45, 2.75) is 64.1 Å². The molecule has 1 aliphatic carbocycles. The van der Waals surface area contributed by atoms with E-state index >= 15 is 0 Å². The van der Waals surface area contributed by atoms with E-state index in [-0.39, 0.29) is 0 Å². The van der Waals surface area contributed by atoms with E-state index in [4.69, 9.17) is 10.5 Å². The summed E-state index contributed by atoms with van der Waals surface area (Å²) in [5.41, 5.74) is 5.95. The molecule has 0 aromatic rings. The van der Waals surface area contributed by atoms with E-state index < -0.39 is 0 Å². The molecule has 0 radical (unpaired) electrons. The Morgan fingerprint density at radius 1 is 1.24 bits per heavy atom. The van der Waals surface area contributed by atoms with Gasteiger partial charge in [-0.3, -0.25) is 4.90 Å². The summed E-state index contributed by atoms with van der Waals surface area (Å²) in [5.74, 6) is 0.905. The van der Waals surface area contributed by atoms with Crippen LogP contribution in [-0.2, 0) is 4.74 Å². The molecule has 2 N–H and O–H groups in total. The highest BCUT2D eigenvalue weighted by atomic mass is 16.5. The maximum atomic E-state index is 5.95. The van der Waals surface area contributed by atoms with E-state index in [0.717, 1.165) is 25.1 Å². The average Bonchev–Trinajstić information content (AvgIpc) is 2.32. The van der Waals surface area contributed by atoms with E-state index in [1.54, 1.807) is 0 Å². The predicted octanol–water partition coefficient (Wildman–Crippen LogP) is 2.00. The van der Waals surface area contributed by atoms with Gasteiger partial charge in [0.1, 0.15) is 0 Å². The number of piperidine rings is 1. The quantitative estimate of drug-likeness (QED) is 0.799. The number of nitrogens with zero attached hydrogens (tertiary/aromatic N) is 1. The second-order valence-corrected chi connectivity index (χ2v) is 5.63. The van der Waals surface area contributed by atoms with E-state index in [1.807, 2.05) is 0 Å². The lowest BCUT2D eigenvalue weighted by Gasteiger charge is -2.49. The number of nitrogens with two attached hydrogens (primary N) is 1. The van der Waals surface area contributed by atoms with E-state index in [2.05, 4.69) is 18.7 Å². The Kier molecular flexibility index (Phi) is 4.83. The number of ether oxygens (including phenoxy) is 1. The van der Waals surface area contributed by atoms with Gasteiger partial charge in [0.2, 0.25) is 0 Å². The third kappa shape index (κ3) is 3.01. The van der Waals surface area contributed by atoms with Crippen LogP contribution in [0.2, 0.25) is 0 Å². The minimum Gasteiger partial charge on any atom is -0.378 e. The molecule has 100 valence electrons. The van der Waals surface area contributed by atoms with Gasteiger partial charge in [-0.2, -0.15) is 0 Å². The van der Waals surface area contributed by atoms with Crippen molar-refractivity contribution < 1.29 is 4.74 Å². The Morgan fingerprint density at radius 2 is 2.00 bits per heavy atom. The van der Waals surface area contributed by atoms with Crippen molar-refractivity contribution >= 4 is 0 Å². The maximum absolute atomic E-state index is 5.95. The molecule has 1 saturated carbocycles. The minimum atomic E-state index is 0.521. The van der Waals surface area contributed by atoms with Gasteiger partial charge in [0.05, 0.1) is 6.10 Å². The number of hydrogen-bond acceptors (Lipinski definition) is 3. The first kappa shape index (κ1) is 13.3. The van der Waals surface area contributed by atoms with Crippen molar-refractivity contribution in [3.8, 4) is 0 Å². The van der Waals surface area contributed by atoms with Crippen LogP contribution in [0.4, 0.5) is 0 Å². The Labute approximate surface area is 106 Å². The minimum absolute atomic E-state index is 0.521. The standard InChI is InChI=1S/C14H28N2O/c1-3-11-5-6-16(13(7-11)10-15)12-8-14(9-12)17-4-2/h11-14H,3-10,15H2,1-2H3. The summed E-state index contributed by atoms with van der Waals surface area (Å²) in [4.78, 5) is 2.67. The summed E-state index contributed by atoms with van der Waals surface area (Å²) >= 11 is 0. The molecule has 17 heavy (non-hydrogen) atoms. The second kappa shape index (κ2) is 6.17. The first-order chi connectivity index (χ1) is 8.28. The molecule has 2 aliphatic rings. The summed E-state index contributed by atoms with van der Waals surface area (Å²) in [7, 11) is 0. The third-order valence-corrected chi connectivity index (χ3v) is 4.66. The highest BCUT2D eigenvalue weighted by Gasteiger charge is 2.39. The normalized spacial score (nSPS) is 39.0. The Bertz CT molecular complexity index is 228. The van der Waals surface area contributed by atoms with Gasteiger partial charge in [-0.25, -0.2) is 0 Å². The number of likely N-dealkylation sites (tertiary alicyclic amines) is 1. The molecule has 2 atom stereocenters. The van der Waals surface area contributed by atoms with E-state index in [0.29, 0.717) is 12.1 Å². The van der Waals surface area contributed by atoms with Crippen LogP contribution in [0.5, 0.6) is 0 Å². The van der Waals surface area contributed by atoms with Crippen molar-refractivity contribution in [1.82, 2.24) is 4.90 Å². The van der Waals surface area contributed by atoms with Gasteiger partial charge in [0.15, 0.2) is 0 Å². The van der Waals surface area contributed by atoms with Crippen molar-refractivity contribution in [2.24, 2.45) is 11.7 Å². The van der Waals surface area contributed by atoms with Crippen LogP contribution in [0.1, 0.15) is 46.0 Å². The van der Waals surface area contributed by atoms with Crippen molar-refractivity contribution in [3.63, 3.8) is 0 Å². The fraction of sp³-hybridized carbons (Fsp3) is 1.00. The van der Waals surface area contributed by atoms with Crippen LogP contribution in [0, 0.1) is 5.92 Å². The molecule has 0 aromatic heterocycles. The van der Waals surface area contributed by atoms with Gasteiger partial charge < -0.3 is 10.5 Å². The maximum Gasteiger partial charge on any atom is 0.0604 e. The summed E-state index contributed by atoms with van der Waals surface area (Å²) in [6.45, 7) is 7.33. The molecular formula is C14H28N2O. The molecule has 3 nitrogen and oxygen atoms in total. The Balaban J connectivity index is 1.81. The van der Waals surface area contributed by atoms with Gasteiger partial charge in [-0.05, 0) is 45.1 Å². The van der Waals surface area contributed by atoms with Crippen molar-refractivity contribution in [2.75, 3.05) is 19.7 Å². The van der Waals surface area contributed by atoms with Gasteiger partial charge >= 0.3 is 0 Å². The van der Waals surface area contributed by atoms with Crippen LogP contribution in [0.15, 0.2) is 0 Å². The molecule has 0 spiro atoms. The van der Waals surface area contributed by atoms with Crippen molar-refractivity contribution in [3.05, 3.63) is 0 Å². The zero-order chi connectivity index (χ0) is 12.3. The molecule has 0 amide bonds. The summed E-state index contributed by atoms with van der Waals surface area (Å²) in [6.07, 6.45) is 6.96. The number of rotatable bonds is 5. The van der Waals surface area contributed by atoms with Gasteiger partial charge in [-0.15, -0.1) is 0 Å². The first-order valence-corrected chi connectivity index (χ1v) is 7.35. The molecule has 1 saturated heterocycles. The molecule has 0 aromatic carbocycles. The predicted molar refractivity (Wildman–Crippen MR) is 71.0 cm³/mol. The van der Waals surface area contributed by atoms with Crippen LogP contribution in [-0.4, -0.2) is 42.8 Å². The lowest BCUT2D eigenvalue weighted by atomic mass is 9.82. The second-order valence-electron chi connectivity index (χ2n) is 5.63. The van der Waals surface area contributed by atoms with Crippen LogP contribution < -0.4 is 5.73 Å². The van der Waals surface area contributed by atoms with Crippen LogP contribution in [0.3, 0.4) is 0 Å². The third-order valence-electron chi connectivity index (χ3n) is 4.66. The molecular weight excluding hydrogens is 212 g/mol. The summed E-state index contributed by atoms with van der Waals surface area (Å²) in [5, 5.41) is 0. The van der Waals surface area contributed by atoms with Gasteiger partial charge in [-0.1, -0.05) is 13.3 Å². The molecule has 1 aliphatic heterocycles. The SMILES string of the molecule is CCOC1CC(N2CCC(CC)CC2CN)C1. The smallest absolute Gasteiger partial charge is 0.0604 e. The zero-order valence-electron chi connectivity index (χ0n) is 11.4. The van der Waals surface area contributed by atoms with Crippen LogP contribution in [0.25, 0.3) is 0 Å². The largest absolute Gasteiger partial charge is 0.378 e. The molecule has 0 bridgehead atoms. The molecule has 1 heterocycles. The fourth-order valence-corrected chi connectivity index (χ4v) is 3.42. The first-order valence-electron chi connectivity index (χ1n) is 7.35. The van der Waals surface area contributed by atoms with E-state index in [1.165, 1.54) is 38.6 Å². The lowest BCUT2D eigenvalue weighted by molar-refractivity contribution is -0.0680. The fourth-order valence-electron chi connectivity index (χ4n) is 3.42. The number of hydrogen-bond donors (Lipinski definition) is 1. The molecule has 2 rings (SSSR count). The Hall–Kier alpha value is -0.120. The van der Waals surface area contributed by atoms with Gasteiger partial charge in [0, 0.05) is 25.2 Å². The van der Waals surface area contributed by atoms with Gasteiger partial charge in [0.25, 0.3) is 0 Å². The zero-order valence-corrected chi connectivity index (χ0v) is 11.4. The van der Waals surface area contributed by atoms with E-state index in [9.17, 15) is 0 Å². The molecule has 2 unspecified atom stereocenters. The topological polar surface area (TPSA) is 38.5 Å². The Morgan fingerprint density at radius 3 is 2.59 bits per heavy atom.